The normalized spacial score (nSPS) is 13.9. The van der Waals surface area contributed by atoms with Crippen molar-refractivity contribution in [1.82, 2.24) is 15.1 Å². The number of carbonyl (C=O) groups is 2. The molecule has 2 aromatic carbocycles. The molecule has 1 saturated heterocycles. The summed E-state index contributed by atoms with van der Waals surface area (Å²) in [5.74, 6) is 2.21. The highest BCUT2D eigenvalue weighted by Gasteiger charge is 2.16. The summed E-state index contributed by atoms with van der Waals surface area (Å²) < 4.78 is 0. The van der Waals surface area contributed by atoms with Gasteiger partial charge in [0.2, 0.25) is 5.91 Å². The first kappa shape index (κ1) is 22.2. The Labute approximate surface area is 183 Å². The summed E-state index contributed by atoms with van der Waals surface area (Å²) in [7, 11) is 4.06. The lowest BCUT2D eigenvalue weighted by Crippen LogP contribution is -2.38. The number of amides is 3. The average molecular weight is 427 g/mol. The molecule has 2 aromatic rings. The number of hydrogen-bond donors (Lipinski definition) is 2. The summed E-state index contributed by atoms with van der Waals surface area (Å²) in [6, 6.07) is 15.4. The zero-order valence-corrected chi connectivity index (χ0v) is 18.5. The van der Waals surface area contributed by atoms with E-state index in [4.69, 9.17) is 0 Å². The molecule has 0 saturated carbocycles. The number of rotatable bonds is 7. The van der Waals surface area contributed by atoms with Crippen molar-refractivity contribution in [2.75, 3.05) is 44.0 Å². The number of hydrogen-bond acceptors (Lipinski definition) is 4. The minimum Gasteiger partial charge on any atom is -0.341 e. The van der Waals surface area contributed by atoms with Gasteiger partial charge in [0.25, 0.3) is 0 Å². The third kappa shape index (κ3) is 6.78. The summed E-state index contributed by atoms with van der Waals surface area (Å²) in [5, 5.41) is 5.78. The van der Waals surface area contributed by atoms with E-state index in [-0.39, 0.29) is 11.9 Å². The standard InChI is InChI=1S/C23H30N4O2S/c1-26(2)17-20-6-4-3-5-19(20)16-24-23(29)25-21-9-7-18(8-10-21)15-22(28)27-11-13-30-14-12-27/h3-10H,11-17H2,1-2H3,(H2,24,25,29). The van der Waals surface area contributed by atoms with Crippen LogP contribution in [0.25, 0.3) is 0 Å². The van der Waals surface area contributed by atoms with E-state index >= 15 is 0 Å². The molecule has 0 radical (unpaired) electrons. The highest BCUT2D eigenvalue weighted by Crippen LogP contribution is 2.14. The van der Waals surface area contributed by atoms with E-state index in [1.165, 1.54) is 5.56 Å². The summed E-state index contributed by atoms with van der Waals surface area (Å²) in [4.78, 5) is 28.7. The fourth-order valence-corrected chi connectivity index (χ4v) is 4.28. The lowest BCUT2D eigenvalue weighted by Gasteiger charge is -2.26. The molecule has 3 rings (SSSR count). The summed E-state index contributed by atoms with van der Waals surface area (Å²) in [6.45, 7) is 2.97. The van der Waals surface area contributed by atoms with Crippen molar-refractivity contribution in [1.29, 1.82) is 0 Å². The van der Waals surface area contributed by atoms with Gasteiger partial charge in [0.1, 0.15) is 0 Å². The highest BCUT2D eigenvalue weighted by molar-refractivity contribution is 7.99. The fraction of sp³-hybridized carbons (Fsp3) is 0.391. The number of benzene rings is 2. The molecule has 0 aliphatic carbocycles. The lowest BCUT2D eigenvalue weighted by molar-refractivity contribution is -0.130. The van der Waals surface area contributed by atoms with Gasteiger partial charge in [-0.1, -0.05) is 36.4 Å². The zero-order chi connectivity index (χ0) is 21.3. The van der Waals surface area contributed by atoms with Gasteiger partial charge in [0.05, 0.1) is 6.42 Å². The largest absolute Gasteiger partial charge is 0.341 e. The first-order valence-corrected chi connectivity index (χ1v) is 11.4. The Morgan fingerprint density at radius 3 is 2.33 bits per heavy atom. The van der Waals surface area contributed by atoms with Gasteiger partial charge in [-0.2, -0.15) is 11.8 Å². The van der Waals surface area contributed by atoms with Gasteiger partial charge in [-0.15, -0.1) is 0 Å². The van der Waals surface area contributed by atoms with Crippen LogP contribution in [0.3, 0.4) is 0 Å². The van der Waals surface area contributed by atoms with Crippen LogP contribution in [0.1, 0.15) is 16.7 Å². The van der Waals surface area contributed by atoms with E-state index in [0.29, 0.717) is 18.7 Å². The van der Waals surface area contributed by atoms with Crippen LogP contribution in [0, 0.1) is 0 Å². The van der Waals surface area contributed by atoms with Crippen molar-refractivity contribution in [3.8, 4) is 0 Å². The molecule has 3 amide bonds. The van der Waals surface area contributed by atoms with Crippen molar-refractivity contribution in [3.05, 3.63) is 65.2 Å². The molecule has 0 spiro atoms. The smallest absolute Gasteiger partial charge is 0.319 e. The van der Waals surface area contributed by atoms with Crippen LogP contribution < -0.4 is 10.6 Å². The molecule has 1 aliphatic heterocycles. The van der Waals surface area contributed by atoms with Crippen LogP contribution in [-0.2, 0) is 24.3 Å². The Kier molecular flexibility index (Phi) is 8.16. The zero-order valence-electron chi connectivity index (χ0n) is 17.7. The number of nitrogens with one attached hydrogen (secondary N) is 2. The predicted octanol–water partition coefficient (Wildman–Crippen LogP) is 3.19. The predicted molar refractivity (Wildman–Crippen MR) is 124 cm³/mol. The third-order valence-electron chi connectivity index (χ3n) is 4.98. The molecular weight excluding hydrogens is 396 g/mol. The first-order chi connectivity index (χ1) is 14.5. The van der Waals surface area contributed by atoms with Gasteiger partial charge >= 0.3 is 6.03 Å². The van der Waals surface area contributed by atoms with E-state index in [1.54, 1.807) is 0 Å². The van der Waals surface area contributed by atoms with Crippen molar-refractivity contribution in [3.63, 3.8) is 0 Å². The number of urea groups is 1. The molecule has 30 heavy (non-hydrogen) atoms. The Morgan fingerprint density at radius 2 is 1.67 bits per heavy atom. The first-order valence-electron chi connectivity index (χ1n) is 10.2. The molecule has 160 valence electrons. The van der Waals surface area contributed by atoms with Crippen molar-refractivity contribution >= 4 is 29.4 Å². The Hall–Kier alpha value is -2.51. The summed E-state index contributed by atoms with van der Waals surface area (Å²) in [6.07, 6.45) is 0.403. The molecule has 0 unspecified atom stereocenters. The maximum absolute atomic E-state index is 12.4. The van der Waals surface area contributed by atoms with Crippen LogP contribution in [0.15, 0.2) is 48.5 Å². The lowest BCUT2D eigenvalue weighted by atomic mass is 10.1. The monoisotopic (exact) mass is 426 g/mol. The number of thioether (sulfide) groups is 1. The van der Waals surface area contributed by atoms with E-state index in [9.17, 15) is 9.59 Å². The second-order valence-electron chi connectivity index (χ2n) is 7.68. The maximum Gasteiger partial charge on any atom is 0.319 e. The van der Waals surface area contributed by atoms with Crippen molar-refractivity contribution in [2.45, 2.75) is 19.5 Å². The van der Waals surface area contributed by atoms with E-state index in [0.717, 1.165) is 42.3 Å². The van der Waals surface area contributed by atoms with Gasteiger partial charge in [-0.3, -0.25) is 4.79 Å². The number of anilines is 1. The Balaban J connectivity index is 1.48. The van der Waals surface area contributed by atoms with E-state index < -0.39 is 0 Å². The van der Waals surface area contributed by atoms with Crippen LogP contribution in [0.2, 0.25) is 0 Å². The van der Waals surface area contributed by atoms with Crippen molar-refractivity contribution < 1.29 is 9.59 Å². The number of nitrogens with zero attached hydrogens (tertiary/aromatic N) is 2. The quantitative estimate of drug-likeness (QED) is 0.714. The molecule has 1 heterocycles. The average Bonchev–Trinajstić information content (AvgIpc) is 2.75. The second-order valence-corrected chi connectivity index (χ2v) is 8.91. The SMILES string of the molecule is CN(C)Cc1ccccc1CNC(=O)Nc1ccc(CC(=O)N2CCSCC2)cc1. The Bertz CT molecular complexity index is 849. The molecule has 6 nitrogen and oxygen atoms in total. The van der Waals surface area contributed by atoms with E-state index in [2.05, 4.69) is 21.6 Å². The molecule has 0 atom stereocenters. The Morgan fingerprint density at radius 1 is 1.00 bits per heavy atom. The minimum absolute atomic E-state index is 0.171. The molecular formula is C23H30N4O2S. The van der Waals surface area contributed by atoms with Gasteiger partial charge in [0.15, 0.2) is 0 Å². The third-order valence-corrected chi connectivity index (χ3v) is 5.92. The summed E-state index contributed by atoms with van der Waals surface area (Å²) >= 11 is 1.89. The van der Waals surface area contributed by atoms with Gasteiger partial charge in [-0.05, 0) is 42.9 Å². The van der Waals surface area contributed by atoms with E-state index in [1.807, 2.05) is 73.2 Å². The van der Waals surface area contributed by atoms with Crippen LogP contribution in [-0.4, -0.2) is 60.4 Å². The minimum atomic E-state index is -0.246. The van der Waals surface area contributed by atoms with Gasteiger partial charge in [-0.25, -0.2) is 4.79 Å². The van der Waals surface area contributed by atoms with Gasteiger partial charge < -0.3 is 20.4 Å². The van der Waals surface area contributed by atoms with Crippen LogP contribution in [0.5, 0.6) is 0 Å². The molecule has 7 heteroatoms. The molecule has 2 N–H and O–H groups in total. The van der Waals surface area contributed by atoms with Gasteiger partial charge in [0, 0.05) is 43.4 Å². The van der Waals surface area contributed by atoms with Crippen LogP contribution >= 0.6 is 11.8 Å². The molecule has 0 bridgehead atoms. The fourth-order valence-electron chi connectivity index (χ4n) is 3.38. The second kappa shape index (κ2) is 11.0. The van der Waals surface area contributed by atoms with Crippen LogP contribution in [0.4, 0.5) is 10.5 Å². The molecule has 1 fully saturated rings. The topological polar surface area (TPSA) is 64.7 Å². The summed E-state index contributed by atoms with van der Waals surface area (Å²) in [5.41, 5.74) is 3.97. The molecule has 0 aromatic heterocycles. The van der Waals surface area contributed by atoms with Crippen molar-refractivity contribution in [2.24, 2.45) is 0 Å². The number of carbonyl (C=O) groups excluding carboxylic acids is 2. The molecule has 1 aliphatic rings. The maximum atomic E-state index is 12.4. The highest BCUT2D eigenvalue weighted by atomic mass is 32.2.